The average Bonchev–Trinajstić information content (AvgIpc) is 0.769. The molecular formula is C52H34Cl2N14O20S6. The van der Waals surface area contributed by atoms with Gasteiger partial charge in [0, 0.05) is 55.1 Å². The highest BCUT2D eigenvalue weighted by atomic mass is 35.5. The second-order valence-electron chi connectivity index (χ2n) is 19.4. The number of benzene rings is 9. The number of aromatic hydroxyl groups is 2. The lowest BCUT2D eigenvalue weighted by atomic mass is 10.1. The molecule has 0 aliphatic rings. The molecule has 9 aromatic carbocycles. The van der Waals surface area contributed by atoms with Crippen LogP contribution in [0.5, 0.6) is 11.5 Å². The molecule has 11 rings (SSSR count). The van der Waals surface area contributed by atoms with E-state index in [1.807, 2.05) is 0 Å². The molecule has 0 aliphatic carbocycles. The fourth-order valence-electron chi connectivity index (χ4n) is 9.50. The first-order valence-corrected chi connectivity index (χ1v) is 34.8. The fourth-order valence-corrected chi connectivity index (χ4v) is 14.2. The van der Waals surface area contributed by atoms with Crippen LogP contribution in [0, 0.1) is 0 Å². The first-order chi connectivity index (χ1) is 44.0. The first kappa shape index (κ1) is 65.6. The number of fused-ring (bicyclic) bond motifs is 4. The van der Waals surface area contributed by atoms with Crippen LogP contribution in [0.4, 0.5) is 69.3 Å². The van der Waals surface area contributed by atoms with Crippen LogP contribution in [0.1, 0.15) is 0 Å². The Morgan fingerprint density at radius 2 is 0.638 bits per heavy atom. The summed E-state index contributed by atoms with van der Waals surface area (Å²) in [6.45, 7) is 0. The van der Waals surface area contributed by atoms with Gasteiger partial charge in [-0.1, -0.05) is 42.5 Å². The highest BCUT2D eigenvalue weighted by Gasteiger charge is 2.29. The van der Waals surface area contributed by atoms with Crippen LogP contribution in [-0.2, 0) is 60.7 Å². The predicted octanol–water partition coefficient (Wildman–Crippen LogP) is 10.7. The van der Waals surface area contributed by atoms with Gasteiger partial charge >= 0.3 is 0 Å². The van der Waals surface area contributed by atoms with Crippen LogP contribution < -0.4 is 21.3 Å². The van der Waals surface area contributed by atoms with E-state index in [9.17, 15) is 88.0 Å². The third-order valence-corrected chi connectivity index (χ3v) is 19.0. The van der Waals surface area contributed by atoms with E-state index in [0.29, 0.717) is 11.4 Å². The molecule has 0 saturated carbocycles. The van der Waals surface area contributed by atoms with Gasteiger partial charge in [-0.2, -0.15) is 80.4 Å². The van der Waals surface area contributed by atoms with Crippen molar-refractivity contribution in [3.8, 4) is 11.5 Å². The fraction of sp³-hybridized carbons (Fsp3) is 0. The molecule has 0 aliphatic heterocycles. The van der Waals surface area contributed by atoms with E-state index >= 15 is 0 Å². The quantitative estimate of drug-likeness (QED) is 0.0280. The average molecular weight is 1440 g/mol. The summed E-state index contributed by atoms with van der Waals surface area (Å²) in [5.74, 6) is -2.36. The van der Waals surface area contributed by atoms with E-state index in [0.717, 1.165) is 72.8 Å². The van der Waals surface area contributed by atoms with Gasteiger partial charge in [0.15, 0.2) is 11.5 Å². The molecule has 0 fully saturated rings. The number of aromatic nitrogens is 6. The summed E-state index contributed by atoms with van der Waals surface area (Å²) in [4.78, 5) is 19.6. The van der Waals surface area contributed by atoms with Gasteiger partial charge in [0.25, 0.3) is 60.7 Å². The van der Waals surface area contributed by atoms with Crippen LogP contribution in [-0.4, -0.2) is 118 Å². The number of azo groups is 2. The normalized spacial score (nSPS) is 12.8. The number of nitrogens with zero attached hydrogens (tertiary/aromatic N) is 10. The molecular weight excluding hydrogens is 1400 g/mol. The van der Waals surface area contributed by atoms with E-state index in [1.54, 1.807) is 24.3 Å². The molecule has 34 nitrogen and oxygen atoms in total. The lowest BCUT2D eigenvalue weighted by molar-refractivity contribution is 0.471. The molecule has 0 atom stereocenters. The second-order valence-corrected chi connectivity index (χ2v) is 28.3. The largest absolute Gasteiger partial charge is 0.505 e. The minimum absolute atomic E-state index is 0.0410. The first-order valence-electron chi connectivity index (χ1n) is 25.4. The maximum absolute atomic E-state index is 12.8. The van der Waals surface area contributed by atoms with Crippen LogP contribution in [0.25, 0.3) is 43.1 Å². The SMILES string of the molecule is O=S(=O)(O)c1cc2cc(Nc3nc(Cl)nc(Nc4cccc(Nc5nc(Cl)nc(Nc6ccc7c(O)c(N=Nc8ccc9c(S(=O)(=O)O)cccc9c8S(=O)(=O)O)c(S(=O)(=O)O)cc7c6)n5)c4)n3)ccc2c(O)c1N=Nc1ccc2c(S(=O)(=O)O)cccc2c1S(=O)(=O)O. The summed E-state index contributed by atoms with van der Waals surface area (Å²) in [5, 5.41) is 46.9. The number of phenolic OH excluding ortho intramolecular Hbond substituents is 2. The summed E-state index contributed by atoms with van der Waals surface area (Å²) in [7, 11) is -30.8. The zero-order valence-electron chi connectivity index (χ0n) is 45.9. The van der Waals surface area contributed by atoms with E-state index in [1.165, 1.54) is 36.4 Å². The number of rotatable bonds is 18. The smallest absolute Gasteiger partial charge is 0.297 e. The van der Waals surface area contributed by atoms with E-state index in [4.69, 9.17) is 23.2 Å². The van der Waals surface area contributed by atoms with Crippen LogP contribution in [0.3, 0.4) is 0 Å². The predicted molar refractivity (Wildman–Crippen MR) is 336 cm³/mol. The van der Waals surface area contributed by atoms with Gasteiger partial charge in [0.2, 0.25) is 34.4 Å². The monoisotopic (exact) mass is 1440 g/mol. The molecule has 0 saturated heterocycles. The Morgan fingerprint density at radius 3 is 0.968 bits per heavy atom. The molecule has 0 unspecified atom stereocenters. The summed E-state index contributed by atoms with van der Waals surface area (Å²) in [6.07, 6.45) is 0. The number of phenols is 2. The number of anilines is 8. The lowest BCUT2D eigenvalue weighted by Crippen LogP contribution is -2.05. The Balaban J connectivity index is 0.811. The van der Waals surface area contributed by atoms with Crippen LogP contribution in [0.15, 0.2) is 183 Å². The van der Waals surface area contributed by atoms with Crippen LogP contribution in [0.2, 0.25) is 10.6 Å². The summed E-state index contributed by atoms with van der Waals surface area (Å²) >= 11 is 12.6. The molecule has 2 heterocycles. The van der Waals surface area contributed by atoms with Crippen LogP contribution >= 0.6 is 23.2 Å². The van der Waals surface area contributed by atoms with Crippen molar-refractivity contribution in [1.82, 2.24) is 29.9 Å². The molecule has 0 spiro atoms. The van der Waals surface area contributed by atoms with Crippen molar-refractivity contribution >= 4 is 196 Å². The number of hydrogen-bond acceptors (Lipinski definition) is 28. The molecule has 482 valence electrons. The van der Waals surface area contributed by atoms with E-state index in [2.05, 4.69) is 71.6 Å². The summed E-state index contributed by atoms with van der Waals surface area (Å²) < 4.78 is 210. The summed E-state index contributed by atoms with van der Waals surface area (Å²) in [5.41, 5.74) is -2.14. The maximum Gasteiger partial charge on any atom is 0.297 e. The van der Waals surface area contributed by atoms with Crippen molar-refractivity contribution in [2.75, 3.05) is 21.3 Å². The molecule has 0 radical (unpaired) electrons. The standard InChI is InChI=1S/C52H34Cl2N14O20S6/c53-47-59-49(63-51(61-47)57-27-10-12-29-23(18-27)20-39(91(77,78)79)41(43(29)69)67-65-35-16-14-31-33(45(35)93(83,84)85)6-2-8-37(31)89(71,72)73)55-25-4-1-5-26(22-25)56-50-60-48(54)62-52(64-50)58-28-11-13-30-24(19-28)21-40(92(80,81)82)42(44(30)70)68-66-36-17-15-32-34(46(36)94(86,87)88)7-3-9-38(32)90(74,75)76/h1-22,69-70H,(H,71,72,73)(H,74,75,76)(H,77,78,79)(H,80,81,82)(H,83,84,85)(H,86,87,88)(H2,55,57,59,61,63)(H2,56,58,60,62,64). The number of halogens is 2. The Labute approximate surface area is 537 Å². The van der Waals surface area contributed by atoms with E-state index in [-0.39, 0.29) is 78.1 Å². The molecule has 0 amide bonds. The number of nitrogens with one attached hydrogen (secondary N) is 4. The third kappa shape index (κ3) is 13.8. The topological polar surface area (TPSA) is 542 Å². The Hall–Kier alpha value is -9.92. The minimum atomic E-state index is -5.26. The zero-order valence-corrected chi connectivity index (χ0v) is 52.3. The molecule has 11 aromatic rings. The summed E-state index contributed by atoms with van der Waals surface area (Å²) in [6, 6.07) is 26.1. The van der Waals surface area contributed by atoms with Gasteiger partial charge in [0.1, 0.15) is 52.1 Å². The van der Waals surface area contributed by atoms with Crippen molar-refractivity contribution in [3.05, 3.63) is 144 Å². The van der Waals surface area contributed by atoms with Gasteiger partial charge in [0.05, 0.1) is 0 Å². The van der Waals surface area contributed by atoms with Gasteiger partial charge in [-0.25, -0.2) is 0 Å². The Kier molecular flexibility index (Phi) is 16.9. The minimum Gasteiger partial charge on any atom is -0.505 e. The van der Waals surface area contributed by atoms with Crippen molar-refractivity contribution in [3.63, 3.8) is 0 Å². The highest BCUT2D eigenvalue weighted by Crippen LogP contribution is 2.46. The van der Waals surface area contributed by atoms with Crippen molar-refractivity contribution < 1.29 is 88.0 Å². The molecule has 2 aromatic heterocycles. The molecule has 0 bridgehead atoms. The molecule has 94 heavy (non-hydrogen) atoms. The van der Waals surface area contributed by atoms with Gasteiger partial charge < -0.3 is 31.5 Å². The van der Waals surface area contributed by atoms with Crippen molar-refractivity contribution in [2.45, 2.75) is 29.4 Å². The maximum atomic E-state index is 12.8. The second kappa shape index (κ2) is 24.2. The van der Waals surface area contributed by atoms with Gasteiger partial charge in [-0.05, 0) is 125 Å². The third-order valence-electron chi connectivity index (χ3n) is 13.3. The highest BCUT2D eigenvalue weighted by molar-refractivity contribution is 7.87. The zero-order chi connectivity index (χ0) is 67.8. The van der Waals surface area contributed by atoms with Gasteiger partial charge in [-0.15, -0.1) is 20.5 Å². The van der Waals surface area contributed by atoms with Gasteiger partial charge in [-0.3, -0.25) is 27.3 Å². The van der Waals surface area contributed by atoms with Crippen molar-refractivity contribution in [2.24, 2.45) is 20.5 Å². The van der Waals surface area contributed by atoms with E-state index < -0.39 is 135 Å². The molecule has 12 N–H and O–H groups in total. The Morgan fingerprint density at radius 1 is 0.319 bits per heavy atom. The number of hydrogen-bond donors (Lipinski definition) is 12. The lowest BCUT2D eigenvalue weighted by Gasteiger charge is -2.13. The Bertz CT molecular complexity index is 5550. The van der Waals surface area contributed by atoms with Crippen molar-refractivity contribution in [1.29, 1.82) is 0 Å². The molecule has 42 heteroatoms.